The summed E-state index contributed by atoms with van der Waals surface area (Å²) in [6.07, 6.45) is 0. The van der Waals surface area contributed by atoms with E-state index in [1.54, 1.807) is 0 Å². The van der Waals surface area contributed by atoms with Crippen LogP contribution in [0.1, 0.15) is 11.3 Å². The largest absolute Gasteiger partial charge is 0.307 e. The summed E-state index contributed by atoms with van der Waals surface area (Å²) in [5.41, 5.74) is 4.06. The minimum Gasteiger partial charge on any atom is -0.307 e. The van der Waals surface area contributed by atoms with Gasteiger partial charge in [0.15, 0.2) is 5.82 Å². The van der Waals surface area contributed by atoms with Crippen LogP contribution in [-0.2, 0) is 13.1 Å². The van der Waals surface area contributed by atoms with Gasteiger partial charge in [-0.05, 0) is 35.9 Å². The Morgan fingerprint density at radius 1 is 0.852 bits per heavy atom. The molecule has 0 radical (unpaired) electrons. The van der Waals surface area contributed by atoms with Gasteiger partial charge >= 0.3 is 0 Å². The second-order valence-corrected chi connectivity index (χ2v) is 7.60. The molecule has 5 heteroatoms. The zero-order chi connectivity index (χ0) is 18.6. The average molecular weight is 439 g/mol. The molecule has 0 saturated carbocycles. The van der Waals surface area contributed by atoms with Crippen LogP contribution < -0.4 is 5.32 Å². The first-order valence-corrected chi connectivity index (χ1v) is 9.83. The SMILES string of the molecule is Clc1ccc2nc(-c3ccc(Br)cc3)nc(CNCc3ccccc3)c2c1. The van der Waals surface area contributed by atoms with Gasteiger partial charge in [0.1, 0.15) is 0 Å². The van der Waals surface area contributed by atoms with Crippen molar-refractivity contribution in [3.63, 3.8) is 0 Å². The Morgan fingerprint density at radius 3 is 2.41 bits per heavy atom. The number of hydrogen-bond acceptors (Lipinski definition) is 3. The predicted octanol–water partition coefficient (Wildman–Crippen LogP) is 6.00. The summed E-state index contributed by atoms with van der Waals surface area (Å²) in [6, 6.07) is 24.1. The Hall–Kier alpha value is -2.27. The molecular formula is C22H17BrClN3. The summed E-state index contributed by atoms with van der Waals surface area (Å²) in [5, 5.41) is 5.14. The molecule has 0 aliphatic heterocycles. The van der Waals surface area contributed by atoms with Gasteiger partial charge in [0.05, 0.1) is 11.2 Å². The number of nitrogens with one attached hydrogen (secondary N) is 1. The van der Waals surface area contributed by atoms with Crippen LogP contribution in [0.2, 0.25) is 5.02 Å². The van der Waals surface area contributed by atoms with Crippen LogP contribution in [0.15, 0.2) is 77.3 Å². The molecule has 0 aliphatic carbocycles. The molecule has 0 atom stereocenters. The van der Waals surface area contributed by atoms with Crippen molar-refractivity contribution in [3.8, 4) is 11.4 Å². The van der Waals surface area contributed by atoms with Crippen LogP contribution in [0.25, 0.3) is 22.3 Å². The lowest BCUT2D eigenvalue weighted by Crippen LogP contribution is -2.14. The number of aromatic nitrogens is 2. The zero-order valence-corrected chi connectivity index (χ0v) is 16.8. The number of nitrogens with zero attached hydrogens (tertiary/aromatic N) is 2. The minimum absolute atomic E-state index is 0.637. The van der Waals surface area contributed by atoms with Gasteiger partial charge in [0, 0.05) is 33.5 Å². The Bertz CT molecular complexity index is 1070. The summed E-state index contributed by atoms with van der Waals surface area (Å²) in [6.45, 7) is 1.41. The fourth-order valence-electron chi connectivity index (χ4n) is 2.95. The van der Waals surface area contributed by atoms with E-state index in [1.165, 1.54) is 5.56 Å². The van der Waals surface area contributed by atoms with Crippen molar-refractivity contribution in [1.29, 1.82) is 0 Å². The molecular weight excluding hydrogens is 422 g/mol. The van der Waals surface area contributed by atoms with Gasteiger partial charge in [-0.3, -0.25) is 0 Å². The highest BCUT2D eigenvalue weighted by molar-refractivity contribution is 9.10. The lowest BCUT2D eigenvalue weighted by molar-refractivity contribution is 0.683. The van der Waals surface area contributed by atoms with E-state index in [0.717, 1.165) is 33.2 Å². The molecule has 0 fully saturated rings. The number of rotatable bonds is 5. The van der Waals surface area contributed by atoms with Crippen LogP contribution in [0.4, 0.5) is 0 Å². The zero-order valence-electron chi connectivity index (χ0n) is 14.5. The number of halogens is 2. The van der Waals surface area contributed by atoms with Crippen LogP contribution in [0.3, 0.4) is 0 Å². The van der Waals surface area contributed by atoms with E-state index in [4.69, 9.17) is 21.6 Å². The fourth-order valence-corrected chi connectivity index (χ4v) is 3.38. The van der Waals surface area contributed by atoms with E-state index in [2.05, 4.69) is 33.4 Å². The van der Waals surface area contributed by atoms with Crippen molar-refractivity contribution in [2.24, 2.45) is 0 Å². The van der Waals surface area contributed by atoms with Crippen molar-refractivity contribution in [3.05, 3.63) is 93.5 Å². The lowest BCUT2D eigenvalue weighted by Gasteiger charge is -2.11. The third-order valence-corrected chi connectivity index (χ3v) is 5.07. The first kappa shape index (κ1) is 18.1. The standard InChI is InChI=1S/C22H17BrClN3/c23-17-8-6-16(7-9-17)22-26-20-11-10-18(24)12-19(20)21(27-22)14-25-13-15-4-2-1-3-5-15/h1-12,25H,13-14H2. The third kappa shape index (κ3) is 4.35. The Kier molecular flexibility index (Phi) is 5.48. The summed E-state index contributed by atoms with van der Waals surface area (Å²) < 4.78 is 1.03. The molecule has 3 aromatic carbocycles. The van der Waals surface area contributed by atoms with Crippen molar-refractivity contribution < 1.29 is 0 Å². The minimum atomic E-state index is 0.637. The summed E-state index contributed by atoms with van der Waals surface area (Å²) in [5.74, 6) is 0.717. The molecule has 1 heterocycles. The van der Waals surface area contributed by atoms with Crippen LogP contribution >= 0.6 is 27.5 Å². The van der Waals surface area contributed by atoms with Crippen molar-refractivity contribution in [2.75, 3.05) is 0 Å². The second kappa shape index (κ2) is 8.17. The molecule has 3 nitrogen and oxygen atoms in total. The number of benzene rings is 3. The highest BCUT2D eigenvalue weighted by Gasteiger charge is 2.10. The maximum absolute atomic E-state index is 6.21. The van der Waals surface area contributed by atoms with E-state index in [0.29, 0.717) is 17.4 Å². The fraction of sp³-hybridized carbons (Fsp3) is 0.0909. The summed E-state index contributed by atoms with van der Waals surface area (Å²) in [4.78, 5) is 9.56. The maximum Gasteiger partial charge on any atom is 0.160 e. The second-order valence-electron chi connectivity index (χ2n) is 6.25. The van der Waals surface area contributed by atoms with Crippen molar-refractivity contribution in [1.82, 2.24) is 15.3 Å². The van der Waals surface area contributed by atoms with Gasteiger partial charge < -0.3 is 5.32 Å². The molecule has 0 unspecified atom stereocenters. The quantitative estimate of drug-likeness (QED) is 0.415. The summed E-state index contributed by atoms with van der Waals surface area (Å²) in [7, 11) is 0. The van der Waals surface area contributed by atoms with Crippen molar-refractivity contribution in [2.45, 2.75) is 13.1 Å². The molecule has 1 N–H and O–H groups in total. The normalized spacial score (nSPS) is 11.0. The molecule has 4 rings (SSSR count). The van der Waals surface area contributed by atoms with E-state index in [1.807, 2.05) is 60.7 Å². The highest BCUT2D eigenvalue weighted by Crippen LogP contribution is 2.25. The van der Waals surface area contributed by atoms with Gasteiger partial charge in [-0.1, -0.05) is 70.0 Å². The highest BCUT2D eigenvalue weighted by atomic mass is 79.9. The Labute approximate surface area is 171 Å². The molecule has 0 saturated heterocycles. The van der Waals surface area contributed by atoms with E-state index in [9.17, 15) is 0 Å². The molecule has 1 aromatic heterocycles. The lowest BCUT2D eigenvalue weighted by atomic mass is 10.1. The third-order valence-electron chi connectivity index (χ3n) is 4.30. The molecule has 27 heavy (non-hydrogen) atoms. The van der Waals surface area contributed by atoms with E-state index < -0.39 is 0 Å². The molecule has 4 aromatic rings. The average Bonchev–Trinajstić information content (AvgIpc) is 2.69. The van der Waals surface area contributed by atoms with Gasteiger partial charge in [-0.2, -0.15) is 0 Å². The molecule has 0 bridgehead atoms. The van der Waals surface area contributed by atoms with Crippen molar-refractivity contribution >= 4 is 38.4 Å². The Balaban J connectivity index is 1.68. The molecule has 134 valence electrons. The Morgan fingerprint density at radius 2 is 1.63 bits per heavy atom. The monoisotopic (exact) mass is 437 g/mol. The van der Waals surface area contributed by atoms with Gasteiger partial charge in [0.25, 0.3) is 0 Å². The van der Waals surface area contributed by atoms with E-state index >= 15 is 0 Å². The predicted molar refractivity (Wildman–Crippen MR) is 115 cm³/mol. The first-order valence-electron chi connectivity index (χ1n) is 8.66. The molecule has 0 aliphatic rings. The van der Waals surface area contributed by atoms with Gasteiger partial charge in [-0.25, -0.2) is 9.97 Å². The topological polar surface area (TPSA) is 37.8 Å². The molecule has 0 spiro atoms. The van der Waals surface area contributed by atoms with Crippen LogP contribution in [0, 0.1) is 0 Å². The first-order chi connectivity index (χ1) is 13.2. The number of hydrogen-bond donors (Lipinski definition) is 1. The van der Waals surface area contributed by atoms with Crippen LogP contribution in [0.5, 0.6) is 0 Å². The maximum atomic E-state index is 6.21. The molecule has 0 amide bonds. The van der Waals surface area contributed by atoms with Crippen LogP contribution in [-0.4, -0.2) is 9.97 Å². The van der Waals surface area contributed by atoms with Gasteiger partial charge in [0.2, 0.25) is 0 Å². The van der Waals surface area contributed by atoms with E-state index in [-0.39, 0.29) is 0 Å². The number of fused-ring (bicyclic) bond motifs is 1. The smallest absolute Gasteiger partial charge is 0.160 e. The summed E-state index contributed by atoms with van der Waals surface area (Å²) >= 11 is 9.68. The van der Waals surface area contributed by atoms with Gasteiger partial charge in [-0.15, -0.1) is 0 Å².